The lowest BCUT2D eigenvalue weighted by Crippen LogP contribution is -1.93. The molecule has 0 rings (SSSR count). The summed E-state index contributed by atoms with van der Waals surface area (Å²) < 4.78 is 10.2. The lowest BCUT2D eigenvalue weighted by Gasteiger charge is -1.98. The van der Waals surface area contributed by atoms with Crippen molar-refractivity contribution in [3.8, 4) is 0 Å². The van der Waals surface area contributed by atoms with Crippen molar-refractivity contribution in [2.24, 2.45) is 0 Å². The maximum absolute atomic E-state index is 10.2. The topological polar surface area (TPSA) is 23.1 Å². The summed E-state index contributed by atoms with van der Waals surface area (Å²) in [6.07, 6.45) is 1.61. The van der Waals surface area contributed by atoms with Crippen molar-refractivity contribution in [1.29, 1.82) is 0 Å². The molecule has 0 amide bonds. The molecule has 0 aliphatic heterocycles. The Labute approximate surface area is 41.2 Å². The van der Waals surface area contributed by atoms with Crippen LogP contribution in [0.15, 0.2) is 11.5 Å². The summed E-state index contributed by atoms with van der Waals surface area (Å²) in [5, 5.41) is 0. The first-order valence-electron chi connectivity index (χ1n) is 1.63. The molecule has 0 spiro atoms. The molecule has 0 saturated carbocycles. The van der Waals surface area contributed by atoms with Gasteiger partial charge in [0.25, 0.3) is 0 Å². The Kier molecular flexibility index (Phi) is 2.28. The fourth-order valence-corrected chi connectivity index (χ4v) is 0. The Bertz CT molecular complexity index is 58.6. The van der Waals surface area contributed by atoms with Gasteiger partial charge in [0.2, 0.25) is 0 Å². The van der Waals surface area contributed by atoms with Gasteiger partial charge in [0.15, 0.2) is 0 Å². The van der Waals surface area contributed by atoms with Gasteiger partial charge in [-0.05, 0) is 17.8 Å². The highest BCUT2D eigenvalue weighted by molar-refractivity contribution is 7.94. The van der Waals surface area contributed by atoms with E-state index in [9.17, 15) is 4.55 Å². The molecule has 0 radical (unpaired) electrons. The molecular formula is C4H8OS. The van der Waals surface area contributed by atoms with Crippen LogP contribution in [0, 0.1) is 0 Å². The van der Waals surface area contributed by atoms with Gasteiger partial charge in [-0.1, -0.05) is 0 Å². The van der Waals surface area contributed by atoms with Gasteiger partial charge in [-0.15, -0.1) is 0 Å². The molecule has 36 valence electrons. The quantitative estimate of drug-likeness (QED) is 0.453. The van der Waals surface area contributed by atoms with E-state index in [1.54, 1.807) is 13.2 Å². The number of hydrogen-bond acceptors (Lipinski definition) is 1. The second kappa shape index (κ2) is 2.26. The first-order chi connectivity index (χ1) is 2.64. The van der Waals surface area contributed by atoms with Crippen LogP contribution in [0.3, 0.4) is 0 Å². The molecule has 0 saturated heterocycles. The molecule has 0 aliphatic rings. The van der Waals surface area contributed by atoms with Gasteiger partial charge < -0.3 is 4.55 Å². The molecule has 6 heavy (non-hydrogen) atoms. The van der Waals surface area contributed by atoms with E-state index in [0.717, 1.165) is 4.91 Å². The van der Waals surface area contributed by atoms with Crippen LogP contribution in [0.25, 0.3) is 0 Å². The van der Waals surface area contributed by atoms with E-state index >= 15 is 0 Å². The Morgan fingerprint density at radius 3 is 2.00 bits per heavy atom. The van der Waals surface area contributed by atoms with Crippen molar-refractivity contribution < 1.29 is 4.55 Å². The van der Waals surface area contributed by atoms with Crippen molar-refractivity contribution in [1.82, 2.24) is 0 Å². The molecule has 1 atom stereocenters. The zero-order chi connectivity index (χ0) is 5.15. The fraction of sp³-hybridized carbons (Fsp3) is 0.500. The lowest BCUT2D eigenvalue weighted by molar-refractivity contribution is 0.606. The van der Waals surface area contributed by atoms with E-state index in [1.807, 2.05) is 0 Å². The summed E-state index contributed by atoms with van der Waals surface area (Å²) in [7, 11) is 0. The largest absolute Gasteiger partial charge is 0.612 e. The molecule has 0 heterocycles. The van der Waals surface area contributed by atoms with Crippen LogP contribution in [-0.4, -0.2) is 10.8 Å². The smallest absolute Gasteiger partial charge is 0.119 e. The second-order valence-corrected chi connectivity index (χ2v) is 2.76. The van der Waals surface area contributed by atoms with Crippen LogP contribution in [0.2, 0.25) is 0 Å². The van der Waals surface area contributed by atoms with Crippen LogP contribution < -0.4 is 0 Å². The van der Waals surface area contributed by atoms with Crippen LogP contribution in [-0.2, 0) is 11.2 Å². The number of hydrogen-bond donors (Lipinski definition) is 0. The molecule has 1 nitrogen and oxygen atoms in total. The van der Waals surface area contributed by atoms with E-state index in [4.69, 9.17) is 0 Å². The summed E-state index contributed by atoms with van der Waals surface area (Å²) in [6, 6.07) is 0. The molecule has 0 aliphatic carbocycles. The lowest BCUT2D eigenvalue weighted by atomic mass is 10.8. The van der Waals surface area contributed by atoms with Crippen molar-refractivity contribution in [3.05, 3.63) is 11.5 Å². The zero-order valence-corrected chi connectivity index (χ0v) is 4.84. The van der Waals surface area contributed by atoms with Gasteiger partial charge in [-0.25, -0.2) is 0 Å². The minimum absolute atomic E-state index is 0.731. The minimum Gasteiger partial charge on any atom is -0.612 e. The molecule has 0 fully saturated rings. The van der Waals surface area contributed by atoms with Gasteiger partial charge in [0.05, 0.1) is 0 Å². The SMILES string of the molecule is C=C(C)[S+](C)[O-]. The van der Waals surface area contributed by atoms with Crippen LogP contribution >= 0.6 is 0 Å². The number of rotatable bonds is 1. The molecule has 0 bridgehead atoms. The summed E-state index contributed by atoms with van der Waals surface area (Å²) in [4.78, 5) is 0.731. The van der Waals surface area contributed by atoms with E-state index in [1.165, 1.54) is 0 Å². The maximum atomic E-state index is 10.2. The van der Waals surface area contributed by atoms with E-state index in [2.05, 4.69) is 6.58 Å². The predicted octanol–water partition coefficient (Wildman–Crippen LogP) is 0.898. The fourth-order valence-electron chi connectivity index (χ4n) is 0. The maximum Gasteiger partial charge on any atom is 0.119 e. The molecule has 1 unspecified atom stereocenters. The first kappa shape index (κ1) is 6.05. The van der Waals surface area contributed by atoms with Crippen LogP contribution in [0.1, 0.15) is 6.92 Å². The summed E-state index contributed by atoms with van der Waals surface area (Å²) in [5.41, 5.74) is 0. The highest BCUT2D eigenvalue weighted by atomic mass is 32.2. The van der Waals surface area contributed by atoms with Gasteiger partial charge in [-0.2, -0.15) is 0 Å². The summed E-state index contributed by atoms with van der Waals surface area (Å²) in [5.74, 6) is 0. The van der Waals surface area contributed by atoms with E-state index in [0.29, 0.717) is 0 Å². The normalized spacial score (nSPS) is 13.8. The van der Waals surface area contributed by atoms with Crippen molar-refractivity contribution in [3.63, 3.8) is 0 Å². The predicted molar refractivity (Wildman–Crippen MR) is 28.9 cm³/mol. The molecular weight excluding hydrogens is 96.1 g/mol. The van der Waals surface area contributed by atoms with Crippen molar-refractivity contribution in [2.75, 3.05) is 6.26 Å². The third-order valence-corrected chi connectivity index (χ3v) is 1.47. The third kappa shape index (κ3) is 2.30. The van der Waals surface area contributed by atoms with Crippen molar-refractivity contribution in [2.45, 2.75) is 6.92 Å². The van der Waals surface area contributed by atoms with Crippen LogP contribution in [0.5, 0.6) is 0 Å². The summed E-state index contributed by atoms with van der Waals surface area (Å²) >= 11 is -0.812. The Morgan fingerprint density at radius 1 is 1.83 bits per heavy atom. The average Bonchev–Trinajstić information content (AvgIpc) is 1.36. The Balaban J connectivity index is 3.26. The second-order valence-electron chi connectivity index (χ2n) is 1.16. The van der Waals surface area contributed by atoms with Gasteiger partial charge in [-0.3, -0.25) is 0 Å². The molecule has 0 aromatic rings. The zero-order valence-electron chi connectivity index (χ0n) is 4.02. The van der Waals surface area contributed by atoms with Gasteiger partial charge >= 0.3 is 0 Å². The molecule has 0 aromatic carbocycles. The monoisotopic (exact) mass is 104 g/mol. The number of allylic oxidation sites excluding steroid dienone is 1. The molecule has 0 aromatic heterocycles. The Hall–Kier alpha value is 0.0500. The van der Waals surface area contributed by atoms with E-state index < -0.39 is 11.2 Å². The van der Waals surface area contributed by atoms with Gasteiger partial charge in [0, 0.05) is 6.92 Å². The highest BCUT2D eigenvalue weighted by Crippen LogP contribution is 1.95. The minimum atomic E-state index is -0.812. The van der Waals surface area contributed by atoms with Crippen LogP contribution in [0.4, 0.5) is 0 Å². The summed E-state index contributed by atoms with van der Waals surface area (Å²) in [6.45, 7) is 5.20. The van der Waals surface area contributed by atoms with Crippen molar-refractivity contribution >= 4 is 11.2 Å². The highest BCUT2D eigenvalue weighted by Gasteiger charge is 1.91. The van der Waals surface area contributed by atoms with E-state index in [-0.39, 0.29) is 0 Å². The Morgan fingerprint density at radius 2 is 2.00 bits per heavy atom. The van der Waals surface area contributed by atoms with Gasteiger partial charge in [0.1, 0.15) is 11.2 Å². The standard InChI is InChI=1S/C4H8OS/c1-4(2)6(3)5/h1H2,2-3H3. The molecule has 2 heteroatoms. The molecule has 0 N–H and O–H groups in total. The third-order valence-electron chi connectivity index (χ3n) is 0.491. The average molecular weight is 104 g/mol. The first-order valence-corrected chi connectivity index (χ1v) is 3.19.